The number of hydrogen-bond donors (Lipinski definition) is 1. The lowest BCUT2D eigenvalue weighted by atomic mass is 10.0. The summed E-state index contributed by atoms with van der Waals surface area (Å²) in [4.78, 5) is 14.1. The quantitative estimate of drug-likeness (QED) is 0.461. The van der Waals surface area contributed by atoms with Gasteiger partial charge in [-0.1, -0.05) is 72.3 Å². The maximum Gasteiger partial charge on any atom is 0.266 e. The molecule has 0 radical (unpaired) electrons. The highest BCUT2D eigenvalue weighted by Gasteiger charge is 2.45. The monoisotopic (exact) mass is 422 g/mol. The number of aromatic nitrogens is 1. The van der Waals surface area contributed by atoms with Crippen molar-refractivity contribution in [3.8, 4) is 11.3 Å². The van der Waals surface area contributed by atoms with Crippen molar-refractivity contribution in [2.24, 2.45) is 15.8 Å². The van der Waals surface area contributed by atoms with Crippen molar-refractivity contribution in [3.63, 3.8) is 0 Å². The van der Waals surface area contributed by atoms with Crippen molar-refractivity contribution < 1.29 is 4.59 Å². The molecule has 2 aliphatic heterocycles. The first-order valence-electron chi connectivity index (χ1n) is 9.91. The summed E-state index contributed by atoms with van der Waals surface area (Å²) in [6.45, 7) is 0. The fourth-order valence-electron chi connectivity index (χ4n) is 4.02. The Balaban J connectivity index is 1.53. The van der Waals surface area contributed by atoms with E-state index in [1.165, 1.54) is 0 Å². The molecule has 0 saturated carbocycles. The molecule has 0 amide bonds. The fourth-order valence-corrected chi connectivity index (χ4v) is 4.32. The molecule has 5 nitrogen and oxygen atoms in total. The van der Waals surface area contributed by atoms with E-state index in [0.717, 1.165) is 44.7 Å². The zero-order valence-electron chi connectivity index (χ0n) is 16.4. The molecule has 1 aromatic heterocycles. The van der Waals surface area contributed by atoms with E-state index in [2.05, 4.69) is 4.99 Å². The molecule has 3 heterocycles. The van der Waals surface area contributed by atoms with Crippen molar-refractivity contribution in [1.82, 2.24) is 4.98 Å². The van der Waals surface area contributed by atoms with Crippen LogP contribution in [0.5, 0.6) is 0 Å². The number of hydrogen-bond acceptors (Lipinski definition) is 4. The number of fused-ring (bicyclic) bond motifs is 2. The number of benzene rings is 2. The van der Waals surface area contributed by atoms with Gasteiger partial charge < -0.3 is 0 Å². The van der Waals surface area contributed by atoms with Crippen molar-refractivity contribution in [1.29, 1.82) is 0 Å². The van der Waals surface area contributed by atoms with Crippen LogP contribution in [0.2, 0.25) is 5.02 Å². The molecule has 1 aliphatic carbocycles. The molecule has 148 valence electrons. The predicted molar refractivity (Wildman–Crippen MR) is 125 cm³/mol. The number of quaternary nitrogens is 1. The van der Waals surface area contributed by atoms with Crippen LogP contribution in [0.3, 0.4) is 0 Å². The van der Waals surface area contributed by atoms with Gasteiger partial charge in [-0.25, -0.2) is 4.98 Å². The minimum Gasteiger partial charge on any atom is -0.253 e. The Hall–Kier alpha value is -3.64. The molecule has 0 saturated heterocycles. The first-order chi connectivity index (χ1) is 15.1. The number of pyridine rings is 1. The van der Waals surface area contributed by atoms with Gasteiger partial charge in [0.25, 0.3) is 5.84 Å². The van der Waals surface area contributed by atoms with Gasteiger partial charge in [-0.2, -0.15) is 10.8 Å². The predicted octanol–water partition coefficient (Wildman–Crippen LogP) is 5.27. The van der Waals surface area contributed by atoms with Crippen LogP contribution in [0.4, 0.5) is 0 Å². The molecule has 6 rings (SSSR count). The lowest BCUT2D eigenvalue weighted by Gasteiger charge is -2.26. The van der Waals surface area contributed by atoms with E-state index >= 15 is 0 Å². The molecule has 0 fully saturated rings. The first kappa shape index (κ1) is 18.2. The Kier molecular flexibility index (Phi) is 3.91. The van der Waals surface area contributed by atoms with Crippen LogP contribution in [0, 0.1) is 0 Å². The summed E-state index contributed by atoms with van der Waals surface area (Å²) in [5, 5.41) is 1.50. The molecule has 3 aliphatic rings. The summed E-state index contributed by atoms with van der Waals surface area (Å²) in [5.41, 5.74) is 6.04. The van der Waals surface area contributed by atoms with E-state index in [9.17, 15) is 0 Å². The maximum atomic E-state index is 6.94. The van der Waals surface area contributed by atoms with Crippen LogP contribution in [0.15, 0.2) is 112 Å². The molecule has 31 heavy (non-hydrogen) atoms. The van der Waals surface area contributed by atoms with Gasteiger partial charge in [0.2, 0.25) is 5.70 Å². The summed E-state index contributed by atoms with van der Waals surface area (Å²) in [6, 6.07) is 18.1. The zero-order chi connectivity index (χ0) is 21.0. The van der Waals surface area contributed by atoms with Gasteiger partial charge in [-0.3, -0.25) is 4.99 Å². The van der Waals surface area contributed by atoms with Gasteiger partial charge in [-0.05, 0) is 12.1 Å². The Morgan fingerprint density at radius 2 is 1.77 bits per heavy atom. The van der Waals surface area contributed by atoms with Crippen LogP contribution in [-0.4, -0.2) is 21.6 Å². The van der Waals surface area contributed by atoms with Gasteiger partial charge in [-0.15, -0.1) is 4.59 Å². The molecule has 6 heteroatoms. The van der Waals surface area contributed by atoms with E-state index in [0.29, 0.717) is 10.9 Å². The smallest absolute Gasteiger partial charge is 0.253 e. The summed E-state index contributed by atoms with van der Waals surface area (Å²) in [7, 11) is 0. The Morgan fingerprint density at radius 1 is 0.968 bits per heavy atom. The largest absolute Gasteiger partial charge is 0.266 e. The lowest BCUT2D eigenvalue weighted by molar-refractivity contribution is -0.750. The Bertz CT molecular complexity index is 1440. The third kappa shape index (κ3) is 2.68. The average Bonchev–Trinajstić information content (AvgIpc) is 3.06. The number of allylic oxidation sites excluding steroid dienone is 4. The maximum absolute atomic E-state index is 6.94. The van der Waals surface area contributed by atoms with Gasteiger partial charge in [0.05, 0.1) is 34.2 Å². The molecular formula is C25H17ClN5+. The number of amidine groups is 1. The van der Waals surface area contributed by atoms with E-state index in [4.69, 9.17) is 27.4 Å². The molecule has 0 bridgehead atoms. The molecule has 3 aromatic rings. The summed E-state index contributed by atoms with van der Waals surface area (Å²) in [6.07, 6.45) is 11.3. The number of halogens is 1. The first-order valence-corrected chi connectivity index (χ1v) is 10.3. The van der Waals surface area contributed by atoms with Gasteiger partial charge in [0.1, 0.15) is 11.9 Å². The third-order valence-corrected chi connectivity index (χ3v) is 6.11. The van der Waals surface area contributed by atoms with Crippen LogP contribution >= 0.6 is 11.6 Å². The molecule has 1 unspecified atom stereocenters. The number of nitrogens with two attached hydrogens (primary N) is 1. The van der Waals surface area contributed by atoms with Crippen LogP contribution in [0.25, 0.3) is 22.2 Å². The second-order valence-corrected chi connectivity index (χ2v) is 7.94. The summed E-state index contributed by atoms with van der Waals surface area (Å²) in [5.74, 6) is 7.47. The molecule has 2 N–H and O–H groups in total. The van der Waals surface area contributed by atoms with Crippen LogP contribution < -0.4 is 5.84 Å². The molecule has 2 aromatic carbocycles. The highest BCUT2D eigenvalue weighted by molar-refractivity contribution is 6.38. The van der Waals surface area contributed by atoms with Gasteiger partial charge >= 0.3 is 0 Å². The molecule has 1 atom stereocenters. The lowest BCUT2D eigenvalue weighted by Crippen LogP contribution is -2.53. The van der Waals surface area contributed by atoms with Crippen LogP contribution in [0.1, 0.15) is 5.56 Å². The standard InChI is InChI=1S/C25H17ClN5/c26-22-19(11-9-18-10-12-20(29-24(18)22)16-5-2-1-3-6-16)25-30-23(17-7-4-8-17)21-15-28-13-14-31(21,25)27/h1-15H,27H2/q+1. The van der Waals surface area contributed by atoms with E-state index < -0.39 is 0 Å². The van der Waals surface area contributed by atoms with Crippen molar-refractivity contribution in [3.05, 3.63) is 113 Å². The highest BCUT2D eigenvalue weighted by Crippen LogP contribution is 2.39. The normalized spacial score (nSPS) is 21.2. The second kappa shape index (κ2) is 6.68. The highest BCUT2D eigenvalue weighted by atomic mass is 35.5. The minimum absolute atomic E-state index is 0.0758. The number of aliphatic imine (C=N–C) groups is 2. The Labute approximate surface area is 184 Å². The topological polar surface area (TPSA) is 63.6 Å². The van der Waals surface area contributed by atoms with Crippen molar-refractivity contribution in [2.75, 3.05) is 0 Å². The SMILES string of the molecule is N[N+]12C=CN=CC1=C(C1=CC=C1)N=C2c1ccc2ccc(-c3ccccc3)nc2c1Cl. The van der Waals surface area contributed by atoms with Crippen molar-refractivity contribution in [2.45, 2.75) is 0 Å². The van der Waals surface area contributed by atoms with Gasteiger partial charge in [0.15, 0.2) is 0 Å². The minimum atomic E-state index is -0.0758. The number of rotatable bonds is 3. The summed E-state index contributed by atoms with van der Waals surface area (Å²) >= 11 is 6.94. The Morgan fingerprint density at radius 3 is 2.55 bits per heavy atom. The van der Waals surface area contributed by atoms with Crippen molar-refractivity contribution >= 4 is 34.6 Å². The van der Waals surface area contributed by atoms with E-state index in [1.807, 2.05) is 79.0 Å². The van der Waals surface area contributed by atoms with E-state index in [1.54, 1.807) is 12.4 Å². The molecular weight excluding hydrogens is 406 g/mol. The average molecular weight is 423 g/mol. The zero-order valence-corrected chi connectivity index (χ0v) is 17.2. The second-order valence-electron chi connectivity index (χ2n) is 7.57. The fraction of sp³-hybridized carbons (Fsp3) is 0. The van der Waals surface area contributed by atoms with Gasteiger partial charge in [0, 0.05) is 16.5 Å². The number of nitrogens with zero attached hydrogens (tertiary/aromatic N) is 4. The third-order valence-electron chi connectivity index (χ3n) is 5.73. The van der Waals surface area contributed by atoms with E-state index in [-0.39, 0.29) is 4.59 Å². The van der Waals surface area contributed by atoms with Crippen LogP contribution in [-0.2, 0) is 0 Å². The summed E-state index contributed by atoms with van der Waals surface area (Å²) < 4.78 is -0.0758. The molecule has 0 spiro atoms.